The van der Waals surface area contributed by atoms with Crippen LogP contribution in [0.1, 0.15) is 0 Å². The Morgan fingerprint density at radius 2 is 1.81 bits per heavy atom. The second kappa shape index (κ2) is 5.93. The van der Waals surface area contributed by atoms with Gasteiger partial charge in [-0.1, -0.05) is 0 Å². The van der Waals surface area contributed by atoms with Gasteiger partial charge in [0.15, 0.2) is 0 Å². The topological polar surface area (TPSA) is 103 Å². The predicted molar refractivity (Wildman–Crippen MR) is 93.2 cm³/mol. The number of ether oxygens (including phenoxy) is 1. The third-order valence-electron chi connectivity index (χ3n) is 5.08. The molecular formula is C16H20N4O5S. The van der Waals surface area contributed by atoms with Crippen LogP contribution in [-0.2, 0) is 33.7 Å². The lowest BCUT2D eigenvalue weighted by Gasteiger charge is -2.27. The summed E-state index contributed by atoms with van der Waals surface area (Å²) in [4.78, 5) is 24.3. The van der Waals surface area contributed by atoms with Crippen LogP contribution in [0.25, 0.3) is 11.0 Å². The summed E-state index contributed by atoms with van der Waals surface area (Å²) >= 11 is 0. The van der Waals surface area contributed by atoms with Crippen LogP contribution in [0.3, 0.4) is 0 Å². The number of benzene rings is 1. The molecule has 2 aromatic rings. The van der Waals surface area contributed by atoms with Gasteiger partial charge in [-0.25, -0.2) is 13.2 Å². The van der Waals surface area contributed by atoms with Crippen molar-refractivity contribution >= 4 is 27.0 Å². The third kappa shape index (κ3) is 2.56. The Morgan fingerprint density at radius 3 is 2.58 bits per heavy atom. The van der Waals surface area contributed by atoms with Crippen molar-refractivity contribution in [1.29, 1.82) is 0 Å². The Hall–Kier alpha value is -2.17. The van der Waals surface area contributed by atoms with E-state index in [9.17, 15) is 18.0 Å². The van der Waals surface area contributed by atoms with Crippen LogP contribution in [0.5, 0.6) is 0 Å². The first-order valence-corrected chi connectivity index (χ1v) is 9.77. The zero-order valence-electron chi connectivity index (χ0n) is 14.5. The number of fused-ring (bicyclic) bond motifs is 4. The summed E-state index contributed by atoms with van der Waals surface area (Å²) in [6.45, 7) is 0.744. The molecule has 4 rings (SSSR count). The maximum absolute atomic E-state index is 13.2. The highest BCUT2D eigenvalue weighted by Gasteiger charge is 2.38. The standard InChI is InChI=1S/C16H20N4O5S/c1-18-13-4-3-12(5-14(13)19(2)16(18)22)26(23,24)20-6-10-8-25-9-11(7-20)17-15(10)21/h3-5,10-11H,6-9H2,1-2H3,(H,17,21)/t10-,11+/m1/s1. The number of imidazole rings is 1. The minimum atomic E-state index is -3.80. The Balaban J connectivity index is 1.77. The summed E-state index contributed by atoms with van der Waals surface area (Å²) in [7, 11) is -0.548. The van der Waals surface area contributed by atoms with Gasteiger partial charge in [-0.2, -0.15) is 4.31 Å². The number of carbonyl (C=O) groups excluding carboxylic acids is 1. The molecule has 26 heavy (non-hydrogen) atoms. The number of aromatic nitrogens is 2. The molecule has 2 fully saturated rings. The number of nitrogens with zero attached hydrogens (tertiary/aromatic N) is 3. The van der Waals surface area contributed by atoms with E-state index in [1.54, 1.807) is 20.2 Å². The number of hydrogen-bond acceptors (Lipinski definition) is 5. The van der Waals surface area contributed by atoms with Crippen LogP contribution in [0, 0.1) is 5.92 Å². The normalized spacial score (nSPS) is 24.5. The van der Waals surface area contributed by atoms with E-state index in [1.807, 2.05) is 0 Å². The minimum absolute atomic E-state index is 0.0798. The molecule has 0 spiro atoms. The quantitative estimate of drug-likeness (QED) is 0.721. The van der Waals surface area contributed by atoms with E-state index < -0.39 is 15.9 Å². The van der Waals surface area contributed by atoms with E-state index in [0.717, 1.165) is 0 Å². The summed E-state index contributed by atoms with van der Waals surface area (Å²) in [5, 5.41) is 2.83. The Labute approximate surface area is 150 Å². The van der Waals surface area contributed by atoms with Crippen molar-refractivity contribution in [3.63, 3.8) is 0 Å². The highest BCUT2D eigenvalue weighted by Crippen LogP contribution is 2.24. The molecule has 2 aliphatic rings. The fourth-order valence-corrected chi connectivity index (χ4v) is 5.13. The van der Waals surface area contributed by atoms with Crippen molar-refractivity contribution in [2.24, 2.45) is 20.0 Å². The second-order valence-electron chi connectivity index (χ2n) is 6.81. The van der Waals surface area contributed by atoms with Gasteiger partial charge in [-0.15, -0.1) is 0 Å². The van der Waals surface area contributed by atoms with Gasteiger partial charge < -0.3 is 10.1 Å². The van der Waals surface area contributed by atoms with Crippen molar-refractivity contribution in [1.82, 2.24) is 18.8 Å². The molecule has 1 aromatic heterocycles. The molecular weight excluding hydrogens is 360 g/mol. The van der Waals surface area contributed by atoms with Crippen molar-refractivity contribution in [3.8, 4) is 0 Å². The van der Waals surface area contributed by atoms with Crippen LogP contribution < -0.4 is 11.0 Å². The number of rotatable bonds is 2. The lowest BCUT2D eigenvalue weighted by Crippen LogP contribution is -2.44. The fraction of sp³-hybridized carbons (Fsp3) is 0.500. The summed E-state index contributed by atoms with van der Waals surface area (Å²) in [5.41, 5.74) is 0.992. The number of hydrogen-bond donors (Lipinski definition) is 1. The smallest absolute Gasteiger partial charge is 0.328 e. The van der Waals surface area contributed by atoms with Crippen LogP contribution >= 0.6 is 0 Å². The van der Waals surface area contributed by atoms with E-state index in [0.29, 0.717) is 17.6 Å². The first-order valence-electron chi connectivity index (χ1n) is 8.33. The molecule has 1 N–H and O–H groups in total. The van der Waals surface area contributed by atoms with E-state index in [-0.39, 0.29) is 42.2 Å². The molecule has 3 heterocycles. The molecule has 0 aliphatic carbocycles. The Kier molecular flexibility index (Phi) is 3.94. The van der Waals surface area contributed by atoms with E-state index >= 15 is 0 Å². The van der Waals surface area contributed by atoms with E-state index in [1.165, 1.54) is 25.6 Å². The Morgan fingerprint density at radius 1 is 1.08 bits per heavy atom. The van der Waals surface area contributed by atoms with Crippen molar-refractivity contribution < 1.29 is 17.9 Å². The molecule has 1 amide bonds. The minimum Gasteiger partial charge on any atom is -0.378 e. The van der Waals surface area contributed by atoms with Crippen LogP contribution in [0.15, 0.2) is 27.9 Å². The number of carbonyl (C=O) groups is 1. The molecule has 0 unspecified atom stereocenters. The van der Waals surface area contributed by atoms with Gasteiger partial charge in [0.2, 0.25) is 15.9 Å². The number of nitrogens with one attached hydrogen (secondary N) is 1. The summed E-state index contributed by atoms with van der Waals surface area (Å²) in [6.07, 6.45) is 0. The van der Waals surface area contributed by atoms with Crippen molar-refractivity contribution in [2.75, 3.05) is 26.3 Å². The maximum Gasteiger partial charge on any atom is 0.328 e. The zero-order chi connectivity index (χ0) is 18.6. The molecule has 2 atom stereocenters. The van der Waals surface area contributed by atoms with Crippen LogP contribution in [0.4, 0.5) is 0 Å². The largest absolute Gasteiger partial charge is 0.378 e. The third-order valence-corrected chi connectivity index (χ3v) is 6.91. The summed E-state index contributed by atoms with van der Waals surface area (Å²) < 4.78 is 36.0. The van der Waals surface area contributed by atoms with Crippen LogP contribution in [-0.4, -0.2) is 60.1 Å². The van der Waals surface area contributed by atoms with Gasteiger partial charge >= 0.3 is 5.69 Å². The average Bonchev–Trinajstić information content (AvgIpc) is 2.77. The first-order chi connectivity index (χ1) is 12.3. The molecule has 2 aliphatic heterocycles. The molecule has 2 saturated heterocycles. The monoisotopic (exact) mass is 380 g/mol. The van der Waals surface area contributed by atoms with Gasteiger partial charge in [0.05, 0.1) is 41.1 Å². The Bertz CT molecular complexity index is 1050. The SMILES string of the molecule is Cn1c(=O)n(C)c2cc(S(=O)(=O)N3C[C@H]4COC[C@@H](C3)C(=O)N4)ccc21. The molecule has 10 heteroatoms. The summed E-state index contributed by atoms with van der Waals surface area (Å²) in [6, 6.07) is 4.28. The maximum atomic E-state index is 13.2. The molecule has 1 aromatic carbocycles. The fourth-order valence-electron chi connectivity index (χ4n) is 3.58. The van der Waals surface area contributed by atoms with E-state index in [2.05, 4.69) is 5.32 Å². The summed E-state index contributed by atoms with van der Waals surface area (Å²) in [5.74, 6) is -0.701. The highest BCUT2D eigenvalue weighted by atomic mass is 32.2. The van der Waals surface area contributed by atoms with E-state index in [4.69, 9.17) is 4.74 Å². The van der Waals surface area contributed by atoms with Gasteiger partial charge in [0.25, 0.3) is 0 Å². The lowest BCUT2D eigenvalue weighted by molar-refractivity contribution is -0.125. The number of amides is 1. The molecule has 0 radical (unpaired) electrons. The van der Waals surface area contributed by atoms with Gasteiger partial charge in [-0.05, 0) is 18.2 Å². The molecule has 9 nitrogen and oxygen atoms in total. The van der Waals surface area contributed by atoms with Gasteiger partial charge in [-0.3, -0.25) is 13.9 Å². The molecule has 140 valence electrons. The first kappa shape index (κ1) is 17.3. The van der Waals surface area contributed by atoms with Gasteiger partial charge in [0, 0.05) is 27.2 Å². The lowest BCUT2D eigenvalue weighted by atomic mass is 10.1. The van der Waals surface area contributed by atoms with Crippen molar-refractivity contribution in [2.45, 2.75) is 10.9 Å². The van der Waals surface area contributed by atoms with Crippen LogP contribution in [0.2, 0.25) is 0 Å². The second-order valence-corrected chi connectivity index (χ2v) is 8.75. The number of aryl methyl sites for hydroxylation is 2. The molecule has 0 saturated carbocycles. The average molecular weight is 380 g/mol. The predicted octanol–water partition coefficient (Wildman–Crippen LogP) is -0.987. The zero-order valence-corrected chi connectivity index (χ0v) is 15.3. The number of sulfonamides is 1. The highest BCUT2D eigenvalue weighted by molar-refractivity contribution is 7.89. The van der Waals surface area contributed by atoms with Gasteiger partial charge in [0.1, 0.15) is 0 Å². The van der Waals surface area contributed by atoms with Crippen molar-refractivity contribution in [3.05, 3.63) is 28.7 Å². The molecule has 2 bridgehead atoms.